The number of hydrazine groups is 1. The van der Waals surface area contributed by atoms with E-state index in [1.807, 2.05) is 78.9 Å². The van der Waals surface area contributed by atoms with Crippen LogP contribution in [0.4, 0.5) is 5.69 Å². The molecule has 3 aromatic rings. The molecule has 4 rings (SSSR count). The van der Waals surface area contributed by atoms with Crippen LogP contribution in [0.2, 0.25) is 5.02 Å². The third kappa shape index (κ3) is 4.95. The highest BCUT2D eigenvalue weighted by Crippen LogP contribution is 2.28. The van der Waals surface area contributed by atoms with E-state index in [-0.39, 0.29) is 18.0 Å². The highest BCUT2D eigenvalue weighted by atomic mass is 35.5. The van der Waals surface area contributed by atoms with E-state index in [1.165, 1.54) is 0 Å². The lowest BCUT2D eigenvalue weighted by molar-refractivity contribution is -0.117. The Kier molecular flexibility index (Phi) is 6.10. The molecule has 0 saturated carbocycles. The highest BCUT2D eigenvalue weighted by Gasteiger charge is 2.31. The number of benzene rings is 3. The van der Waals surface area contributed by atoms with Crippen LogP contribution in [0.5, 0.6) is 5.75 Å². The largest absolute Gasteiger partial charge is 0.489 e. The first-order valence-corrected chi connectivity index (χ1v) is 9.90. The van der Waals surface area contributed by atoms with Crippen molar-refractivity contribution in [1.29, 1.82) is 0 Å². The summed E-state index contributed by atoms with van der Waals surface area (Å²) in [7, 11) is 0. The first-order valence-electron chi connectivity index (χ1n) is 9.52. The van der Waals surface area contributed by atoms with Crippen molar-refractivity contribution < 1.29 is 9.53 Å². The van der Waals surface area contributed by atoms with Gasteiger partial charge in [-0.25, -0.2) is 10.9 Å². The smallest absolute Gasteiger partial charge is 0.242 e. The van der Waals surface area contributed by atoms with Crippen LogP contribution in [0.25, 0.3) is 0 Å². The third-order valence-electron chi connectivity index (χ3n) is 4.87. The summed E-state index contributed by atoms with van der Waals surface area (Å²) in [5, 5.41) is 3.63. The number of hydrogen-bond acceptors (Lipinski definition) is 4. The lowest BCUT2D eigenvalue weighted by Gasteiger charge is -2.12. The average molecular weight is 408 g/mol. The number of rotatable bonds is 6. The molecule has 6 heteroatoms. The Morgan fingerprint density at radius 2 is 1.69 bits per heavy atom. The molecule has 1 saturated heterocycles. The number of anilines is 1. The number of amides is 1. The van der Waals surface area contributed by atoms with Crippen LogP contribution < -0.4 is 20.9 Å². The molecule has 2 unspecified atom stereocenters. The normalized spacial score (nSPS) is 18.4. The maximum absolute atomic E-state index is 12.6. The zero-order chi connectivity index (χ0) is 20.1. The van der Waals surface area contributed by atoms with Crippen molar-refractivity contribution in [2.75, 3.05) is 5.32 Å². The molecule has 0 aliphatic carbocycles. The molecule has 1 aliphatic rings. The number of halogens is 1. The molecule has 1 amide bonds. The second-order valence-corrected chi connectivity index (χ2v) is 7.35. The highest BCUT2D eigenvalue weighted by molar-refractivity contribution is 6.31. The van der Waals surface area contributed by atoms with Gasteiger partial charge in [-0.05, 0) is 47.9 Å². The molecule has 0 bridgehead atoms. The molecule has 0 radical (unpaired) electrons. The van der Waals surface area contributed by atoms with E-state index in [1.54, 1.807) is 0 Å². The number of nitrogens with one attached hydrogen (secondary N) is 3. The summed E-state index contributed by atoms with van der Waals surface area (Å²) in [6.07, 6.45) is 0.619. The van der Waals surface area contributed by atoms with Crippen LogP contribution in [0, 0.1) is 0 Å². The van der Waals surface area contributed by atoms with Gasteiger partial charge in [0.25, 0.3) is 0 Å². The van der Waals surface area contributed by atoms with Gasteiger partial charge in [0, 0.05) is 16.8 Å². The summed E-state index contributed by atoms with van der Waals surface area (Å²) >= 11 is 6.26. The zero-order valence-corrected chi connectivity index (χ0v) is 16.5. The second-order valence-electron chi connectivity index (χ2n) is 6.94. The van der Waals surface area contributed by atoms with Gasteiger partial charge >= 0.3 is 0 Å². The Hall–Kier alpha value is -2.86. The molecule has 29 heavy (non-hydrogen) atoms. The van der Waals surface area contributed by atoms with Crippen LogP contribution in [-0.2, 0) is 11.4 Å². The monoisotopic (exact) mass is 407 g/mol. The Balaban J connectivity index is 1.30. The fourth-order valence-electron chi connectivity index (χ4n) is 3.29. The summed E-state index contributed by atoms with van der Waals surface area (Å²) in [6, 6.07) is 24.7. The quantitative estimate of drug-likeness (QED) is 0.564. The van der Waals surface area contributed by atoms with Crippen molar-refractivity contribution in [3.05, 3.63) is 95.0 Å². The standard InChI is InChI=1S/C23H22ClN3O2/c24-20-9-5-4-8-19(20)21-14-22(27-26-21)23(28)25-17-10-12-18(13-11-17)29-15-16-6-2-1-3-7-16/h1-13,21-22,26-27H,14-15H2,(H,25,28). The van der Waals surface area contributed by atoms with E-state index in [9.17, 15) is 4.79 Å². The maximum Gasteiger partial charge on any atom is 0.242 e. The fourth-order valence-corrected chi connectivity index (χ4v) is 3.56. The van der Waals surface area contributed by atoms with Crippen LogP contribution in [0.1, 0.15) is 23.6 Å². The van der Waals surface area contributed by atoms with Gasteiger partial charge < -0.3 is 10.1 Å². The summed E-state index contributed by atoms with van der Waals surface area (Å²) < 4.78 is 5.78. The van der Waals surface area contributed by atoms with Gasteiger partial charge in [-0.15, -0.1) is 0 Å². The first-order chi connectivity index (χ1) is 14.2. The van der Waals surface area contributed by atoms with Crippen molar-refractivity contribution in [3.8, 4) is 5.75 Å². The van der Waals surface area contributed by atoms with E-state index in [0.717, 1.165) is 22.6 Å². The number of hydrogen-bond donors (Lipinski definition) is 3. The van der Waals surface area contributed by atoms with Crippen molar-refractivity contribution >= 4 is 23.2 Å². The third-order valence-corrected chi connectivity index (χ3v) is 5.21. The SMILES string of the molecule is O=C(Nc1ccc(OCc2ccccc2)cc1)C1CC(c2ccccc2Cl)NN1. The molecular weight excluding hydrogens is 386 g/mol. The van der Waals surface area contributed by atoms with Crippen LogP contribution in [0.15, 0.2) is 78.9 Å². The Labute approximate surface area is 175 Å². The predicted octanol–water partition coefficient (Wildman–Crippen LogP) is 4.47. The van der Waals surface area contributed by atoms with Crippen molar-refractivity contribution in [1.82, 2.24) is 10.9 Å². The fraction of sp³-hybridized carbons (Fsp3) is 0.174. The van der Waals surface area contributed by atoms with Gasteiger partial charge in [0.05, 0.1) is 0 Å². The van der Waals surface area contributed by atoms with Gasteiger partial charge in [-0.3, -0.25) is 4.79 Å². The van der Waals surface area contributed by atoms with E-state index in [4.69, 9.17) is 16.3 Å². The molecule has 2 atom stereocenters. The summed E-state index contributed by atoms with van der Waals surface area (Å²) in [4.78, 5) is 12.6. The maximum atomic E-state index is 12.6. The lowest BCUT2D eigenvalue weighted by atomic mass is 10.0. The topological polar surface area (TPSA) is 62.4 Å². The minimum Gasteiger partial charge on any atom is -0.489 e. The molecule has 1 heterocycles. The van der Waals surface area contributed by atoms with Gasteiger partial charge in [0.1, 0.15) is 18.4 Å². The van der Waals surface area contributed by atoms with Crippen LogP contribution in [0.3, 0.4) is 0 Å². The number of carbonyl (C=O) groups is 1. The number of ether oxygens (including phenoxy) is 1. The molecule has 3 aromatic carbocycles. The van der Waals surface area contributed by atoms with E-state index in [0.29, 0.717) is 18.1 Å². The number of carbonyl (C=O) groups excluding carboxylic acids is 1. The van der Waals surface area contributed by atoms with E-state index >= 15 is 0 Å². The van der Waals surface area contributed by atoms with Gasteiger partial charge in [0.2, 0.25) is 5.91 Å². The average Bonchev–Trinajstić information content (AvgIpc) is 3.24. The van der Waals surface area contributed by atoms with E-state index < -0.39 is 0 Å². The lowest BCUT2D eigenvalue weighted by Crippen LogP contribution is -2.39. The zero-order valence-electron chi connectivity index (χ0n) is 15.8. The first kappa shape index (κ1) is 19.5. The van der Waals surface area contributed by atoms with Gasteiger partial charge in [-0.1, -0.05) is 60.1 Å². The second kappa shape index (κ2) is 9.09. The minimum absolute atomic E-state index is 0.00628. The molecule has 3 N–H and O–H groups in total. The van der Waals surface area contributed by atoms with Crippen molar-refractivity contribution in [2.45, 2.75) is 25.1 Å². The molecule has 148 valence electrons. The molecule has 0 aromatic heterocycles. The summed E-state index contributed by atoms with van der Waals surface area (Å²) in [6.45, 7) is 0.508. The van der Waals surface area contributed by atoms with Crippen LogP contribution >= 0.6 is 11.6 Å². The Morgan fingerprint density at radius 3 is 2.45 bits per heavy atom. The van der Waals surface area contributed by atoms with Crippen molar-refractivity contribution in [2.24, 2.45) is 0 Å². The predicted molar refractivity (Wildman–Crippen MR) is 115 cm³/mol. The molecule has 0 spiro atoms. The summed E-state index contributed by atoms with van der Waals surface area (Å²) in [5.41, 5.74) is 9.03. The summed E-state index contributed by atoms with van der Waals surface area (Å²) in [5.74, 6) is 0.663. The Bertz CT molecular complexity index is 963. The van der Waals surface area contributed by atoms with Gasteiger partial charge in [-0.2, -0.15) is 0 Å². The molecule has 1 fully saturated rings. The van der Waals surface area contributed by atoms with Gasteiger partial charge in [0.15, 0.2) is 0 Å². The Morgan fingerprint density at radius 1 is 0.966 bits per heavy atom. The molecular formula is C23H22ClN3O2. The van der Waals surface area contributed by atoms with Crippen LogP contribution in [-0.4, -0.2) is 11.9 Å². The minimum atomic E-state index is -0.342. The molecule has 5 nitrogen and oxygen atoms in total. The molecule has 1 aliphatic heterocycles. The van der Waals surface area contributed by atoms with Crippen molar-refractivity contribution in [3.63, 3.8) is 0 Å². The van der Waals surface area contributed by atoms with E-state index in [2.05, 4.69) is 16.2 Å².